The molecular formula is C15H17N3O5S2. The summed E-state index contributed by atoms with van der Waals surface area (Å²) >= 11 is 1.43. The second-order valence-electron chi connectivity index (χ2n) is 5.05. The zero-order valence-corrected chi connectivity index (χ0v) is 15.2. The highest BCUT2D eigenvalue weighted by molar-refractivity contribution is 7.97. The molecule has 0 aliphatic carbocycles. The molecule has 0 radical (unpaired) electrons. The molecule has 134 valence electrons. The van der Waals surface area contributed by atoms with E-state index in [1.807, 2.05) is 6.26 Å². The molecule has 8 nitrogen and oxygen atoms in total. The highest BCUT2D eigenvalue weighted by atomic mass is 32.2. The molecule has 1 amide bonds. The van der Waals surface area contributed by atoms with Crippen LogP contribution in [-0.2, 0) is 15.6 Å². The van der Waals surface area contributed by atoms with Gasteiger partial charge in [-0.15, -0.1) is 0 Å². The minimum atomic E-state index is -3.49. The Labute approximate surface area is 148 Å². The second kappa shape index (κ2) is 7.70. The van der Waals surface area contributed by atoms with Crippen LogP contribution >= 0.6 is 11.8 Å². The minimum Gasteiger partial charge on any atom is -0.506 e. The molecule has 0 saturated heterocycles. The van der Waals surface area contributed by atoms with E-state index in [1.54, 1.807) is 0 Å². The molecule has 0 aliphatic heterocycles. The first-order valence-electron chi connectivity index (χ1n) is 7.23. The number of carbonyl (C=O) groups is 1. The number of anilines is 1. The summed E-state index contributed by atoms with van der Waals surface area (Å²) in [5, 5.41) is 12.2. The van der Waals surface area contributed by atoms with Crippen molar-refractivity contribution in [3.05, 3.63) is 46.1 Å². The van der Waals surface area contributed by atoms with Crippen molar-refractivity contribution in [2.24, 2.45) is 0 Å². The van der Waals surface area contributed by atoms with Gasteiger partial charge in [-0.1, -0.05) is 6.92 Å². The number of hydrogen-bond acceptors (Lipinski definition) is 7. The molecule has 0 spiro atoms. The van der Waals surface area contributed by atoms with Crippen molar-refractivity contribution in [1.29, 1.82) is 0 Å². The highest BCUT2D eigenvalue weighted by Crippen LogP contribution is 2.27. The van der Waals surface area contributed by atoms with Gasteiger partial charge >= 0.3 is 0 Å². The van der Waals surface area contributed by atoms with E-state index in [-0.39, 0.29) is 27.8 Å². The highest BCUT2D eigenvalue weighted by Gasteiger charge is 2.17. The van der Waals surface area contributed by atoms with E-state index >= 15 is 0 Å². The molecule has 1 aromatic heterocycles. The third-order valence-electron chi connectivity index (χ3n) is 3.26. The van der Waals surface area contributed by atoms with Gasteiger partial charge in [-0.05, 0) is 24.5 Å². The summed E-state index contributed by atoms with van der Waals surface area (Å²) in [6.07, 6.45) is 1.82. The fourth-order valence-corrected chi connectivity index (χ4v) is 3.31. The third-order valence-corrected chi connectivity index (χ3v) is 5.55. The van der Waals surface area contributed by atoms with Gasteiger partial charge < -0.3 is 15.4 Å². The molecule has 2 rings (SSSR count). The Morgan fingerprint density at radius 1 is 1.36 bits per heavy atom. The number of aromatic nitrogens is 2. The van der Waals surface area contributed by atoms with Gasteiger partial charge in [0, 0.05) is 6.07 Å². The van der Waals surface area contributed by atoms with Crippen LogP contribution in [0.5, 0.6) is 5.75 Å². The van der Waals surface area contributed by atoms with Crippen LogP contribution < -0.4 is 10.9 Å². The largest absolute Gasteiger partial charge is 0.506 e. The summed E-state index contributed by atoms with van der Waals surface area (Å²) in [4.78, 5) is 30.5. The fraction of sp³-hybridized carbons (Fsp3) is 0.267. The first-order valence-corrected chi connectivity index (χ1v) is 10.3. The number of thioether (sulfide) groups is 1. The minimum absolute atomic E-state index is 0.0231. The Hall–Kier alpha value is -2.33. The van der Waals surface area contributed by atoms with Gasteiger partial charge in [0.05, 0.1) is 22.1 Å². The molecule has 25 heavy (non-hydrogen) atoms. The van der Waals surface area contributed by atoms with E-state index in [0.717, 1.165) is 6.07 Å². The maximum absolute atomic E-state index is 12.3. The number of H-pyrrole nitrogens is 1. The number of phenolic OH excluding ortho intramolecular Hbond substituents is 1. The molecule has 0 aliphatic rings. The molecule has 2 aromatic rings. The number of nitrogens with zero attached hydrogens (tertiary/aromatic N) is 1. The van der Waals surface area contributed by atoms with E-state index in [9.17, 15) is 23.1 Å². The van der Waals surface area contributed by atoms with Crippen molar-refractivity contribution in [3.8, 4) is 5.75 Å². The Kier molecular flexibility index (Phi) is 5.85. The van der Waals surface area contributed by atoms with Crippen LogP contribution in [0, 0.1) is 0 Å². The number of amides is 1. The molecule has 3 N–H and O–H groups in total. The predicted molar refractivity (Wildman–Crippen MR) is 95.9 cm³/mol. The molecule has 1 heterocycles. The van der Waals surface area contributed by atoms with Crippen LogP contribution in [0.3, 0.4) is 0 Å². The van der Waals surface area contributed by atoms with Gasteiger partial charge in [-0.2, -0.15) is 11.8 Å². The van der Waals surface area contributed by atoms with Gasteiger partial charge in [-0.3, -0.25) is 9.59 Å². The Morgan fingerprint density at radius 2 is 2.08 bits per heavy atom. The van der Waals surface area contributed by atoms with Crippen LogP contribution in [0.1, 0.15) is 23.2 Å². The summed E-state index contributed by atoms with van der Waals surface area (Å²) in [6, 6.07) is 4.64. The number of hydrogen-bond donors (Lipinski definition) is 3. The Bertz CT molecular complexity index is 954. The molecule has 0 atom stereocenters. The van der Waals surface area contributed by atoms with Crippen molar-refractivity contribution in [2.45, 2.75) is 17.6 Å². The topological polar surface area (TPSA) is 129 Å². The average molecular weight is 383 g/mol. The van der Waals surface area contributed by atoms with E-state index in [0.29, 0.717) is 11.6 Å². The summed E-state index contributed by atoms with van der Waals surface area (Å²) in [5.74, 6) is -0.367. The summed E-state index contributed by atoms with van der Waals surface area (Å²) in [5.41, 5.74) is -0.681. The van der Waals surface area contributed by atoms with Gasteiger partial charge in [0.1, 0.15) is 17.3 Å². The van der Waals surface area contributed by atoms with Crippen LogP contribution in [0.4, 0.5) is 5.69 Å². The molecular weight excluding hydrogens is 366 g/mol. The number of benzene rings is 1. The molecule has 0 saturated carbocycles. The van der Waals surface area contributed by atoms with Gasteiger partial charge in [0.25, 0.3) is 11.5 Å². The van der Waals surface area contributed by atoms with E-state index < -0.39 is 21.3 Å². The lowest BCUT2D eigenvalue weighted by molar-refractivity contribution is 0.102. The van der Waals surface area contributed by atoms with Gasteiger partial charge in [0.2, 0.25) is 0 Å². The molecule has 1 aromatic carbocycles. The number of aromatic amines is 1. The second-order valence-corrected chi connectivity index (χ2v) is 8.19. The monoisotopic (exact) mass is 383 g/mol. The quantitative estimate of drug-likeness (QED) is 0.643. The number of aromatic hydroxyl groups is 1. The fourth-order valence-electron chi connectivity index (χ4n) is 1.99. The lowest BCUT2D eigenvalue weighted by Crippen LogP contribution is -2.20. The standard InChI is InChI=1S/C15H17N3O5S2/c1-3-25(22,23)9-4-5-12(19)10(6-9)17-15(21)11-7-14(20)18-13(16-11)8-24-2/h4-7,19H,3,8H2,1-2H3,(H,17,21)(H,16,18,20). The lowest BCUT2D eigenvalue weighted by atomic mass is 10.2. The maximum atomic E-state index is 12.3. The van der Waals surface area contributed by atoms with E-state index in [2.05, 4.69) is 15.3 Å². The summed E-state index contributed by atoms with van der Waals surface area (Å²) < 4.78 is 23.9. The number of phenols is 1. The number of rotatable bonds is 6. The molecule has 10 heteroatoms. The molecule has 0 unspecified atom stereocenters. The van der Waals surface area contributed by atoms with Crippen LogP contribution in [0.15, 0.2) is 34.0 Å². The molecule has 0 bridgehead atoms. The SMILES string of the molecule is CCS(=O)(=O)c1ccc(O)c(NC(=O)c2cc(=O)[nH]c(CSC)n2)c1. The third kappa shape index (κ3) is 4.60. The van der Waals surface area contributed by atoms with E-state index in [4.69, 9.17) is 0 Å². The van der Waals surface area contributed by atoms with Crippen molar-refractivity contribution in [2.75, 3.05) is 17.3 Å². The zero-order chi connectivity index (χ0) is 18.6. The lowest BCUT2D eigenvalue weighted by Gasteiger charge is -2.10. The van der Waals surface area contributed by atoms with Crippen LogP contribution in [-0.4, -0.2) is 41.4 Å². The van der Waals surface area contributed by atoms with Crippen molar-refractivity contribution in [3.63, 3.8) is 0 Å². The van der Waals surface area contributed by atoms with Gasteiger partial charge in [-0.25, -0.2) is 13.4 Å². The molecule has 0 fully saturated rings. The summed E-state index contributed by atoms with van der Waals surface area (Å²) in [6.45, 7) is 1.49. The van der Waals surface area contributed by atoms with Crippen molar-refractivity contribution < 1.29 is 18.3 Å². The predicted octanol–water partition coefficient (Wildman–Crippen LogP) is 1.38. The Balaban J connectivity index is 2.35. The number of carbonyl (C=O) groups excluding carboxylic acids is 1. The Morgan fingerprint density at radius 3 is 2.72 bits per heavy atom. The average Bonchev–Trinajstić information content (AvgIpc) is 2.56. The van der Waals surface area contributed by atoms with Crippen LogP contribution in [0.25, 0.3) is 0 Å². The zero-order valence-electron chi connectivity index (χ0n) is 13.6. The summed E-state index contributed by atoms with van der Waals surface area (Å²) in [7, 11) is -3.49. The smallest absolute Gasteiger partial charge is 0.274 e. The van der Waals surface area contributed by atoms with E-state index in [1.165, 1.54) is 36.9 Å². The maximum Gasteiger partial charge on any atom is 0.274 e. The number of sulfone groups is 1. The van der Waals surface area contributed by atoms with Crippen molar-refractivity contribution >= 4 is 33.2 Å². The first-order chi connectivity index (χ1) is 11.8. The van der Waals surface area contributed by atoms with Gasteiger partial charge in [0.15, 0.2) is 9.84 Å². The normalized spacial score (nSPS) is 11.3. The first kappa shape index (κ1) is 19.0. The number of nitrogens with one attached hydrogen (secondary N) is 2. The van der Waals surface area contributed by atoms with Crippen LogP contribution in [0.2, 0.25) is 0 Å². The van der Waals surface area contributed by atoms with Crippen molar-refractivity contribution in [1.82, 2.24) is 9.97 Å².